The van der Waals surface area contributed by atoms with Crippen molar-refractivity contribution in [1.82, 2.24) is 0 Å². The second-order valence-electron chi connectivity index (χ2n) is 8.49. The zero-order valence-corrected chi connectivity index (χ0v) is 15.8. The molecule has 1 heteroatoms. The van der Waals surface area contributed by atoms with Gasteiger partial charge in [-0.1, -0.05) is 90.6 Å². The summed E-state index contributed by atoms with van der Waals surface area (Å²) in [7, 11) is 0. The summed E-state index contributed by atoms with van der Waals surface area (Å²) in [6.07, 6.45) is 5.39. The summed E-state index contributed by atoms with van der Waals surface area (Å²) in [5, 5.41) is 0. The molecule has 1 rings (SSSR count). The first kappa shape index (κ1) is 19.2. The molecule has 0 amide bonds. The van der Waals surface area contributed by atoms with Crippen molar-refractivity contribution in [2.45, 2.75) is 86.9 Å². The zero-order valence-electron chi connectivity index (χ0n) is 15.8. The van der Waals surface area contributed by atoms with Gasteiger partial charge in [0, 0.05) is 0 Å². The maximum Gasteiger partial charge on any atom is 0.0721 e. The van der Waals surface area contributed by atoms with Gasteiger partial charge in [0.1, 0.15) is 0 Å². The van der Waals surface area contributed by atoms with Crippen molar-refractivity contribution in [1.29, 1.82) is 0 Å². The Balaban J connectivity index is 2.74. The predicted molar refractivity (Wildman–Crippen MR) is 97.1 cm³/mol. The number of hydrogen-bond acceptors (Lipinski definition) is 1. The summed E-state index contributed by atoms with van der Waals surface area (Å²) in [5.74, 6) is 0. The summed E-state index contributed by atoms with van der Waals surface area (Å²) in [6, 6.07) is 8.69. The minimum Gasteiger partial charge on any atom is -0.372 e. The first-order valence-electron chi connectivity index (χ1n) is 8.84. The second-order valence-corrected chi connectivity index (χ2v) is 8.49. The van der Waals surface area contributed by atoms with Crippen LogP contribution in [0.5, 0.6) is 0 Å². The third-order valence-corrected chi connectivity index (χ3v) is 4.46. The van der Waals surface area contributed by atoms with Crippen molar-refractivity contribution in [2.24, 2.45) is 10.8 Å². The molecule has 0 radical (unpaired) electrons. The Labute approximate surface area is 138 Å². The van der Waals surface area contributed by atoms with E-state index in [4.69, 9.17) is 4.74 Å². The molecule has 1 unspecified atom stereocenters. The molecule has 22 heavy (non-hydrogen) atoms. The zero-order chi connectivity index (χ0) is 16.8. The Bertz CT molecular complexity index is 422. The summed E-state index contributed by atoms with van der Waals surface area (Å²) in [6.45, 7) is 16.7. The van der Waals surface area contributed by atoms with Gasteiger partial charge in [0.2, 0.25) is 0 Å². The summed E-state index contributed by atoms with van der Waals surface area (Å²) < 4.78 is 6.43. The topological polar surface area (TPSA) is 9.23 Å². The average molecular weight is 305 g/mol. The minimum absolute atomic E-state index is 0.153. The van der Waals surface area contributed by atoms with Gasteiger partial charge in [-0.05, 0) is 29.7 Å². The lowest BCUT2D eigenvalue weighted by Crippen LogP contribution is -2.42. The van der Waals surface area contributed by atoms with E-state index in [0.29, 0.717) is 6.61 Å². The van der Waals surface area contributed by atoms with Crippen LogP contribution in [-0.2, 0) is 11.3 Å². The van der Waals surface area contributed by atoms with Gasteiger partial charge in [-0.3, -0.25) is 0 Å². The number of ether oxygens (including phenoxy) is 1. The largest absolute Gasteiger partial charge is 0.372 e. The van der Waals surface area contributed by atoms with Crippen molar-refractivity contribution in [2.75, 3.05) is 0 Å². The van der Waals surface area contributed by atoms with Crippen LogP contribution in [0.4, 0.5) is 0 Å². The molecule has 0 saturated heterocycles. The highest BCUT2D eigenvalue weighted by Gasteiger charge is 2.38. The number of rotatable bonds is 8. The van der Waals surface area contributed by atoms with Crippen LogP contribution >= 0.6 is 0 Å². The maximum absolute atomic E-state index is 6.43. The lowest BCUT2D eigenvalue weighted by atomic mass is 9.70. The molecular weight excluding hydrogens is 268 g/mol. The Morgan fingerprint density at radius 2 is 1.55 bits per heavy atom. The van der Waals surface area contributed by atoms with Crippen LogP contribution in [0.25, 0.3) is 0 Å². The monoisotopic (exact) mass is 304 g/mol. The molecule has 0 aliphatic carbocycles. The van der Waals surface area contributed by atoms with E-state index in [1.807, 2.05) is 0 Å². The smallest absolute Gasteiger partial charge is 0.0721 e. The van der Waals surface area contributed by atoms with Gasteiger partial charge in [-0.25, -0.2) is 0 Å². The van der Waals surface area contributed by atoms with E-state index in [1.54, 1.807) is 0 Å². The molecule has 1 nitrogen and oxygen atoms in total. The van der Waals surface area contributed by atoms with E-state index >= 15 is 0 Å². The first-order valence-corrected chi connectivity index (χ1v) is 8.84. The van der Waals surface area contributed by atoms with E-state index in [1.165, 1.54) is 36.8 Å². The Morgan fingerprint density at radius 1 is 0.955 bits per heavy atom. The standard InChI is InChI=1S/C21H36O/c1-8-9-10-15-21(6,7)19(20(3,4)5)22-16-18-13-11-17(2)12-14-18/h11-14,19H,8-10,15-16H2,1-7H3. The van der Waals surface area contributed by atoms with Gasteiger partial charge < -0.3 is 4.74 Å². The third kappa shape index (κ3) is 6.12. The fourth-order valence-electron chi connectivity index (χ4n) is 3.47. The summed E-state index contributed by atoms with van der Waals surface area (Å²) in [5.41, 5.74) is 2.93. The Morgan fingerprint density at radius 3 is 2.05 bits per heavy atom. The van der Waals surface area contributed by atoms with Gasteiger partial charge >= 0.3 is 0 Å². The predicted octanol–water partition coefficient (Wildman–Crippen LogP) is 6.53. The van der Waals surface area contributed by atoms with Crippen molar-refractivity contribution in [3.05, 3.63) is 35.4 Å². The molecule has 1 aromatic carbocycles. The molecule has 1 aromatic rings. The normalized spacial score (nSPS) is 14.1. The summed E-state index contributed by atoms with van der Waals surface area (Å²) in [4.78, 5) is 0. The second kappa shape index (κ2) is 8.15. The van der Waals surface area contributed by atoms with Crippen molar-refractivity contribution in [3.8, 4) is 0 Å². The minimum atomic E-state index is 0.153. The molecule has 0 fully saturated rings. The maximum atomic E-state index is 6.43. The first-order chi connectivity index (χ1) is 10.2. The van der Waals surface area contributed by atoms with Gasteiger partial charge in [0.25, 0.3) is 0 Å². The van der Waals surface area contributed by atoms with E-state index < -0.39 is 0 Å². The van der Waals surface area contributed by atoms with Gasteiger partial charge in [0.15, 0.2) is 0 Å². The molecule has 0 aliphatic heterocycles. The van der Waals surface area contributed by atoms with Gasteiger partial charge in [-0.15, -0.1) is 0 Å². The molecular formula is C21H36O. The molecule has 0 heterocycles. The van der Waals surface area contributed by atoms with Crippen molar-refractivity contribution < 1.29 is 4.74 Å². The summed E-state index contributed by atoms with van der Waals surface area (Å²) >= 11 is 0. The highest BCUT2D eigenvalue weighted by atomic mass is 16.5. The fraction of sp³-hybridized carbons (Fsp3) is 0.714. The number of aryl methyl sites for hydroxylation is 1. The SMILES string of the molecule is CCCCCC(C)(C)C(OCc1ccc(C)cc1)C(C)(C)C. The van der Waals surface area contributed by atoms with Crippen LogP contribution in [0.15, 0.2) is 24.3 Å². The number of unbranched alkanes of at least 4 members (excludes halogenated alkanes) is 2. The average Bonchev–Trinajstić information content (AvgIpc) is 2.39. The highest BCUT2D eigenvalue weighted by Crippen LogP contribution is 2.40. The van der Waals surface area contributed by atoms with E-state index in [2.05, 4.69) is 72.7 Å². The molecule has 0 saturated carbocycles. The van der Waals surface area contributed by atoms with Crippen LogP contribution < -0.4 is 0 Å². The van der Waals surface area contributed by atoms with Gasteiger partial charge in [0.05, 0.1) is 12.7 Å². The fourth-order valence-corrected chi connectivity index (χ4v) is 3.47. The van der Waals surface area contributed by atoms with Crippen molar-refractivity contribution >= 4 is 0 Å². The van der Waals surface area contributed by atoms with Gasteiger partial charge in [-0.2, -0.15) is 0 Å². The quantitative estimate of drug-likeness (QED) is 0.496. The van der Waals surface area contributed by atoms with Crippen LogP contribution in [0, 0.1) is 17.8 Å². The van der Waals surface area contributed by atoms with Crippen LogP contribution in [0.1, 0.15) is 78.4 Å². The lowest BCUT2D eigenvalue weighted by molar-refractivity contribution is -0.100. The van der Waals surface area contributed by atoms with Crippen LogP contribution in [0.3, 0.4) is 0 Å². The van der Waals surface area contributed by atoms with E-state index in [9.17, 15) is 0 Å². The molecule has 0 bridgehead atoms. The third-order valence-electron chi connectivity index (χ3n) is 4.46. The number of benzene rings is 1. The Kier molecular flexibility index (Phi) is 7.12. The molecule has 0 aliphatic rings. The molecule has 0 N–H and O–H groups in total. The lowest BCUT2D eigenvalue weighted by Gasteiger charge is -2.42. The molecule has 0 aromatic heterocycles. The highest BCUT2D eigenvalue weighted by molar-refractivity contribution is 5.20. The number of hydrogen-bond donors (Lipinski definition) is 0. The van der Waals surface area contributed by atoms with E-state index in [-0.39, 0.29) is 16.9 Å². The molecule has 1 atom stereocenters. The van der Waals surface area contributed by atoms with Crippen molar-refractivity contribution in [3.63, 3.8) is 0 Å². The van der Waals surface area contributed by atoms with Crippen LogP contribution in [-0.4, -0.2) is 6.10 Å². The van der Waals surface area contributed by atoms with E-state index in [0.717, 1.165) is 0 Å². The molecule has 126 valence electrons. The Hall–Kier alpha value is -0.820. The molecule has 0 spiro atoms. The van der Waals surface area contributed by atoms with Crippen LogP contribution in [0.2, 0.25) is 0 Å².